The Morgan fingerprint density at radius 2 is 1.29 bits per heavy atom. The first-order chi connectivity index (χ1) is 10.1. The van der Waals surface area contributed by atoms with Crippen LogP contribution in [0.1, 0.15) is 79.1 Å². The molecule has 0 N–H and O–H groups in total. The first-order valence-electron chi connectivity index (χ1n) is 9.40. The highest BCUT2D eigenvalue weighted by Crippen LogP contribution is 2.51. The van der Waals surface area contributed by atoms with E-state index in [1.807, 2.05) is 0 Å². The predicted octanol–water partition coefficient (Wildman–Crippen LogP) is 5.66. The molecule has 0 spiro atoms. The SMILES string of the molecule is CCO[Si](OCC)(C1CCCCC1)C1CC(C)CC(C)C1. The van der Waals surface area contributed by atoms with E-state index in [1.165, 1.54) is 51.4 Å². The number of hydrogen-bond acceptors (Lipinski definition) is 2. The summed E-state index contributed by atoms with van der Waals surface area (Å²) in [5, 5.41) is 0. The number of hydrogen-bond donors (Lipinski definition) is 0. The zero-order valence-corrected chi connectivity index (χ0v) is 15.7. The molecule has 0 bridgehead atoms. The maximum absolute atomic E-state index is 6.56. The van der Waals surface area contributed by atoms with Gasteiger partial charge in [-0.25, -0.2) is 0 Å². The van der Waals surface area contributed by atoms with E-state index < -0.39 is 8.56 Å². The van der Waals surface area contributed by atoms with Crippen LogP contribution in [0.3, 0.4) is 0 Å². The molecule has 2 nitrogen and oxygen atoms in total. The quantitative estimate of drug-likeness (QED) is 0.589. The highest BCUT2D eigenvalue weighted by molar-refractivity contribution is 6.70. The van der Waals surface area contributed by atoms with Gasteiger partial charge in [0.15, 0.2) is 0 Å². The average molecular weight is 313 g/mol. The summed E-state index contributed by atoms with van der Waals surface area (Å²) in [5.74, 6) is 1.69. The predicted molar refractivity (Wildman–Crippen MR) is 91.8 cm³/mol. The Morgan fingerprint density at radius 1 is 0.762 bits per heavy atom. The van der Waals surface area contributed by atoms with Crippen molar-refractivity contribution < 1.29 is 8.85 Å². The minimum Gasteiger partial charge on any atom is -0.394 e. The zero-order chi connectivity index (χ0) is 15.3. The van der Waals surface area contributed by atoms with Gasteiger partial charge in [-0.05, 0) is 57.8 Å². The molecule has 0 heterocycles. The molecule has 0 amide bonds. The summed E-state index contributed by atoms with van der Waals surface area (Å²) in [6.07, 6.45) is 11.0. The van der Waals surface area contributed by atoms with Crippen molar-refractivity contribution >= 4 is 8.56 Å². The second kappa shape index (κ2) is 8.12. The van der Waals surface area contributed by atoms with Gasteiger partial charge in [-0.1, -0.05) is 33.1 Å². The molecule has 2 saturated carbocycles. The summed E-state index contributed by atoms with van der Waals surface area (Å²) >= 11 is 0. The Morgan fingerprint density at radius 3 is 1.76 bits per heavy atom. The van der Waals surface area contributed by atoms with Crippen LogP contribution in [0.2, 0.25) is 11.1 Å². The molecule has 0 aromatic rings. The highest BCUT2D eigenvalue weighted by Gasteiger charge is 2.53. The van der Waals surface area contributed by atoms with E-state index in [0.717, 1.165) is 36.1 Å². The monoisotopic (exact) mass is 312 g/mol. The first-order valence-corrected chi connectivity index (χ1v) is 11.4. The second-order valence-corrected chi connectivity index (χ2v) is 11.2. The molecule has 2 rings (SSSR count). The molecule has 2 aliphatic carbocycles. The maximum Gasteiger partial charge on any atom is 0.344 e. The van der Waals surface area contributed by atoms with Crippen LogP contribution in [0.5, 0.6) is 0 Å². The molecule has 0 aliphatic heterocycles. The molecule has 2 aliphatic rings. The van der Waals surface area contributed by atoms with Crippen LogP contribution in [0.15, 0.2) is 0 Å². The van der Waals surface area contributed by atoms with Crippen molar-refractivity contribution in [2.45, 2.75) is 90.1 Å². The molecule has 0 aromatic heterocycles. The minimum absolute atomic E-state index is 0.722. The lowest BCUT2D eigenvalue weighted by atomic mass is 9.83. The largest absolute Gasteiger partial charge is 0.394 e. The third-order valence-electron chi connectivity index (χ3n) is 5.66. The Labute approximate surface area is 133 Å². The summed E-state index contributed by atoms with van der Waals surface area (Å²) in [6, 6.07) is 0. The molecule has 2 fully saturated rings. The lowest BCUT2D eigenvalue weighted by Crippen LogP contribution is -2.53. The fourth-order valence-corrected chi connectivity index (χ4v) is 10.3. The van der Waals surface area contributed by atoms with E-state index in [2.05, 4.69) is 27.7 Å². The molecular formula is C18H36O2Si. The Bertz CT molecular complexity index is 286. The third-order valence-corrected chi connectivity index (χ3v) is 10.5. The Kier molecular flexibility index (Phi) is 6.76. The van der Waals surface area contributed by atoms with Crippen molar-refractivity contribution in [2.24, 2.45) is 11.8 Å². The van der Waals surface area contributed by atoms with Gasteiger partial charge in [-0.15, -0.1) is 0 Å². The van der Waals surface area contributed by atoms with Gasteiger partial charge in [0.1, 0.15) is 0 Å². The van der Waals surface area contributed by atoms with Crippen LogP contribution in [0.4, 0.5) is 0 Å². The lowest BCUT2D eigenvalue weighted by Gasteiger charge is -2.47. The van der Waals surface area contributed by atoms with Gasteiger partial charge >= 0.3 is 8.56 Å². The third kappa shape index (κ3) is 4.11. The van der Waals surface area contributed by atoms with Crippen molar-refractivity contribution in [2.75, 3.05) is 13.2 Å². The summed E-state index contributed by atoms with van der Waals surface area (Å²) in [6.45, 7) is 10.9. The molecule has 3 heteroatoms. The van der Waals surface area contributed by atoms with Gasteiger partial charge in [0, 0.05) is 24.3 Å². The van der Waals surface area contributed by atoms with E-state index in [9.17, 15) is 0 Å². The smallest absolute Gasteiger partial charge is 0.344 e. The van der Waals surface area contributed by atoms with Gasteiger partial charge in [-0.2, -0.15) is 0 Å². The lowest BCUT2D eigenvalue weighted by molar-refractivity contribution is 0.134. The van der Waals surface area contributed by atoms with Crippen LogP contribution in [-0.2, 0) is 8.85 Å². The van der Waals surface area contributed by atoms with Gasteiger partial charge in [0.2, 0.25) is 0 Å². The van der Waals surface area contributed by atoms with Gasteiger partial charge in [0.05, 0.1) is 0 Å². The molecular weight excluding hydrogens is 276 g/mol. The van der Waals surface area contributed by atoms with Crippen molar-refractivity contribution in [3.05, 3.63) is 0 Å². The van der Waals surface area contributed by atoms with Gasteiger partial charge in [-0.3, -0.25) is 0 Å². The van der Waals surface area contributed by atoms with Crippen molar-refractivity contribution in [1.29, 1.82) is 0 Å². The van der Waals surface area contributed by atoms with Crippen LogP contribution < -0.4 is 0 Å². The van der Waals surface area contributed by atoms with Crippen LogP contribution in [0, 0.1) is 11.8 Å². The summed E-state index contributed by atoms with van der Waals surface area (Å²) < 4.78 is 13.1. The molecule has 0 aromatic carbocycles. The maximum atomic E-state index is 6.56. The normalized spacial score (nSPS) is 32.3. The Balaban J connectivity index is 2.23. The van der Waals surface area contributed by atoms with E-state index in [0.29, 0.717) is 0 Å². The van der Waals surface area contributed by atoms with E-state index in [1.54, 1.807) is 0 Å². The van der Waals surface area contributed by atoms with Crippen LogP contribution in [-0.4, -0.2) is 21.8 Å². The van der Waals surface area contributed by atoms with Crippen LogP contribution in [0.25, 0.3) is 0 Å². The number of rotatable bonds is 6. The topological polar surface area (TPSA) is 18.5 Å². The average Bonchev–Trinajstić information content (AvgIpc) is 2.47. The molecule has 0 radical (unpaired) electrons. The summed E-state index contributed by atoms with van der Waals surface area (Å²) in [4.78, 5) is 0. The van der Waals surface area contributed by atoms with Crippen molar-refractivity contribution in [3.8, 4) is 0 Å². The zero-order valence-electron chi connectivity index (χ0n) is 14.7. The molecule has 21 heavy (non-hydrogen) atoms. The highest BCUT2D eigenvalue weighted by atomic mass is 28.4. The summed E-state index contributed by atoms with van der Waals surface area (Å²) in [7, 11) is -2.08. The van der Waals surface area contributed by atoms with E-state index >= 15 is 0 Å². The molecule has 0 saturated heterocycles. The molecule has 2 unspecified atom stereocenters. The van der Waals surface area contributed by atoms with E-state index in [-0.39, 0.29) is 0 Å². The van der Waals surface area contributed by atoms with Gasteiger partial charge in [0.25, 0.3) is 0 Å². The fraction of sp³-hybridized carbons (Fsp3) is 1.00. The fourth-order valence-electron chi connectivity index (χ4n) is 5.08. The first kappa shape index (κ1) is 17.5. The Hall–Kier alpha value is 0.137. The molecule has 2 atom stereocenters. The van der Waals surface area contributed by atoms with E-state index in [4.69, 9.17) is 8.85 Å². The second-order valence-electron chi connectivity index (χ2n) is 7.54. The van der Waals surface area contributed by atoms with Gasteiger partial charge < -0.3 is 8.85 Å². The minimum atomic E-state index is -2.08. The standard InChI is InChI=1S/C18H36O2Si/c1-5-19-21(20-6-2,17-10-8-7-9-11-17)18-13-15(3)12-16(4)14-18/h15-18H,5-14H2,1-4H3. The molecule has 124 valence electrons. The van der Waals surface area contributed by atoms with Crippen LogP contribution >= 0.6 is 0 Å². The van der Waals surface area contributed by atoms with Crippen molar-refractivity contribution in [3.63, 3.8) is 0 Å². The van der Waals surface area contributed by atoms with Crippen molar-refractivity contribution in [1.82, 2.24) is 0 Å². The summed E-state index contributed by atoms with van der Waals surface area (Å²) in [5.41, 5.74) is 1.47.